The molecule has 2 fully saturated rings. The molecule has 1 N–H and O–H groups in total. The third-order valence-corrected chi connectivity index (χ3v) is 3.24. The molecular weight excluding hydrogens is 138 g/mol. The first-order valence-electron chi connectivity index (χ1n) is 4.39. The van der Waals surface area contributed by atoms with Gasteiger partial charge >= 0.3 is 0 Å². The molecule has 2 nitrogen and oxygen atoms in total. The van der Waals surface area contributed by atoms with Crippen molar-refractivity contribution in [2.24, 2.45) is 17.8 Å². The molecule has 2 heteroatoms. The number of hydrogen-bond donors (Lipinski definition) is 1. The Bertz CT molecular complexity index is 196. The van der Waals surface area contributed by atoms with Gasteiger partial charge in [0.2, 0.25) is 0 Å². The topological polar surface area (TPSA) is 44.0 Å². The van der Waals surface area contributed by atoms with Gasteiger partial charge in [-0.3, -0.25) is 0 Å². The van der Waals surface area contributed by atoms with Crippen molar-refractivity contribution in [2.75, 3.05) is 0 Å². The summed E-state index contributed by atoms with van der Waals surface area (Å²) in [5, 5.41) is 18.3. The van der Waals surface area contributed by atoms with Gasteiger partial charge in [0.05, 0.1) is 18.1 Å². The lowest BCUT2D eigenvalue weighted by Gasteiger charge is -2.24. The average molecular weight is 151 g/mol. The van der Waals surface area contributed by atoms with E-state index in [1.165, 1.54) is 0 Å². The van der Waals surface area contributed by atoms with Gasteiger partial charge in [0.1, 0.15) is 0 Å². The summed E-state index contributed by atoms with van der Waals surface area (Å²) in [5.74, 6) is 1.20. The monoisotopic (exact) mass is 151 g/mol. The molecule has 0 heterocycles. The fourth-order valence-corrected chi connectivity index (χ4v) is 2.61. The van der Waals surface area contributed by atoms with E-state index in [2.05, 4.69) is 6.07 Å². The van der Waals surface area contributed by atoms with E-state index in [0.717, 1.165) is 31.6 Å². The van der Waals surface area contributed by atoms with E-state index in [9.17, 15) is 5.11 Å². The summed E-state index contributed by atoms with van der Waals surface area (Å²) in [6, 6.07) is 2.31. The lowest BCUT2D eigenvalue weighted by molar-refractivity contribution is 0.0680. The highest BCUT2D eigenvalue weighted by Gasteiger charge is 2.41. The van der Waals surface area contributed by atoms with E-state index in [1.54, 1.807) is 0 Å². The largest absolute Gasteiger partial charge is 0.393 e. The van der Waals surface area contributed by atoms with Gasteiger partial charge in [-0.15, -0.1) is 0 Å². The lowest BCUT2D eigenvalue weighted by atomic mass is 9.85. The number of nitrogens with zero attached hydrogens (tertiary/aromatic N) is 1. The average Bonchev–Trinajstić information content (AvgIpc) is 2.37. The fraction of sp³-hybridized carbons (Fsp3) is 0.889. The Labute approximate surface area is 66.8 Å². The number of aliphatic hydroxyl groups is 1. The summed E-state index contributed by atoms with van der Waals surface area (Å²) in [6.45, 7) is 0. The van der Waals surface area contributed by atoms with Crippen LogP contribution in [0.15, 0.2) is 0 Å². The molecule has 2 rings (SSSR count). The minimum Gasteiger partial charge on any atom is -0.393 e. The smallest absolute Gasteiger partial charge is 0.0659 e. The third-order valence-electron chi connectivity index (χ3n) is 3.24. The van der Waals surface area contributed by atoms with Crippen molar-refractivity contribution in [1.29, 1.82) is 5.26 Å². The number of nitriles is 1. The summed E-state index contributed by atoms with van der Waals surface area (Å²) in [6.07, 6.45) is 4.01. The molecule has 0 radical (unpaired) electrons. The fourth-order valence-electron chi connectivity index (χ4n) is 2.61. The van der Waals surface area contributed by atoms with Crippen molar-refractivity contribution in [3.63, 3.8) is 0 Å². The first kappa shape index (κ1) is 7.12. The summed E-state index contributed by atoms with van der Waals surface area (Å²) in [5.41, 5.74) is 0. The molecular formula is C9H13NO. The molecule has 0 aliphatic heterocycles. The van der Waals surface area contributed by atoms with Crippen LogP contribution < -0.4 is 0 Å². The second kappa shape index (κ2) is 2.49. The molecule has 0 saturated heterocycles. The lowest BCUT2D eigenvalue weighted by Crippen LogP contribution is -2.25. The van der Waals surface area contributed by atoms with Crippen molar-refractivity contribution in [3.8, 4) is 6.07 Å². The SMILES string of the molecule is N#C[C@H]1C[C@@H]2CC[C@@H](O)[C@H]1C2. The van der Waals surface area contributed by atoms with Crippen LogP contribution in [-0.4, -0.2) is 11.2 Å². The first-order chi connectivity index (χ1) is 5.31. The quantitative estimate of drug-likeness (QED) is 0.567. The third kappa shape index (κ3) is 1.04. The zero-order chi connectivity index (χ0) is 7.84. The molecule has 2 bridgehead atoms. The Morgan fingerprint density at radius 2 is 2.09 bits per heavy atom. The molecule has 11 heavy (non-hydrogen) atoms. The van der Waals surface area contributed by atoms with Gasteiger partial charge in [0.15, 0.2) is 0 Å². The Hall–Kier alpha value is -0.550. The van der Waals surface area contributed by atoms with Gasteiger partial charge in [0.25, 0.3) is 0 Å². The highest BCUT2D eigenvalue weighted by atomic mass is 16.3. The van der Waals surface area contributed by atoms with Crippen molar-refractivity contribution in [1.82, 2.24) is 0 Å². The number of aliphatic hydroxyl groups excluding tert-OH is 1. The maximum Gasteiger partial charge on any atom is 0.0659 e. The van der Waals surface area contributed by atoms with E-state index in [-0.39, 0.29) is 12.0 Å². The summed E-state index contributed by atoms with van der Waals surface area (Å²) >= 11 is 0. The molecule has 0 spiro atoms. The number of fused-ring (bicyclic) bond motifs is 2. The van der Waals surface area contributed by atoms with Gasteiger partial charge in [-0.2, -0.15) is 5.26 Å². The second-order valence-electron chi connectivity index (χ2n) is 3.88. The predicted molar refractivity (Wildman–Crippen MR) is 40.6 cm³/mol. The van der Waals surface area contributed by atoms with Crippen LogP contribution in [0.4, 0.5) is 0 Å². The number of rotatable bonds is 0. The van der Waals surface area contributed by atoms with Crippen LogP contribution in [0.2, 0.25) is 0 Å². The van der Waals surface area contributed by atoms with Crippen LogP contribution in [0.3, 0.4) is 0 Å². The van der Waals surface area contributed by atoms with E-state index in [1.807, 2.05) is 0 Å². The van der Waals surface area contributed by atoms with E-state index < -0.39 is 0 Å². The van der Waals surface area contributed by atoms with Crippen LogP contribution in [0.25, 0.3) is 0 Å². The maximum absolute atomic E-state index is 9.55. The Balaban J connectivity index is 2.14. The molecule has 0 aromatic heterocycles. The molecule has 2 aliphatic rings. The minimum absolute atomic E-state index is 0.150. The van der Waals surface area contributed by atoms with Gasteiger partial charge in [0, 0.05) is 5.92 Å². The summed E-state index contributed by atoms with van der Waals surface area (Å²) in [7, 11) is 0. The molecule has 4 atom stereocenters. The molecule has 0 aromatic carbocycles. The molecule has 60 valence electrons. The van der Waals surface area contributed by atoms with Crippen LogP contribution in [0, 0.1) is 29.1 Å². The van der Waals surface area contributed by atoms with Crippen molar-refractivity contribution < 1.29 is 5.11 Å². The van der Waals surface area contributed by atoms with Crippen molar-refractivity contribution in [3.05, 3.63) is 0 Å². The Kier molecular flexibility index (Phi) is 1.61. The standard InChI is InChI=1S/C9H13NO/c10-5-7-3-6-1-2-9(11)8(7)4-6/h6-9,11H,1-4H2/t6-,7+,8-,9+/m0/s1. The summed E-state index contributed by atoms with van der Waals surface area (Å²) < 4.78 is 0. The zero-order valence-electron chi connectivity index (χ0n) is 6.53. The Morgan fingerprint density at radius 1 is 1.27 bits per heavy atom. The Morgan fingerprint density at radius 3 is 2.82 bits per heavy atom. The molecule has 0 amide bonds. The molecule has 2 saturated carbocycles. The van der Waals surface area contributed by atoms with E-state index >= 15 is 0 Å². The summed E-state index contributed by atoms with van der Waals surface area (Å²) in [4.78, 5) is 0. The van der Waals surface area contributed by atoms with Gasteiger partial charge in [-0.05, 0) is 31.6 Å². The van der Waals surface area contributed by atoms with Crippen molar-refractivity contribution in [2.45, 2.75) is 31.8 Å². The molecule has 0 unspecified atom stereocenters. The van der Waals surface area contributed by atoms with Gasteiger partial charge in [-0.25, -0.2) is 0 Å². The highest BCUT2D eigenvalue weighted by molar-refractivity contribution is 5.00. The number of hydrogen-bond acceptors (Lipinski definition) is 2. The van der Waals surface area contributed by atoms with Gasteiger partial charge in [-0.1, -0.05) is 0 Å². The second-order valence-corrected chi connectivity index (χ2v) is 3.88. The van der Waals surface area contributed by atoms with Crippen LogP contribution in [0.5, 0.6) is 0 Å². The molecule has 2 aliphatic carbocycles. The normalized spacial score (nSPS) is 48.7. The van der Waals surface area contributed by atoms with Crippen LogP contribution >= 0.6 is 0 Å². The van der Waals surface area contributed by atoms with Crippen LogP contribution in [-0.2, 0) is 0 Å². The van der Waals surface area contributed by atoms with E-state index in [4.69, 9.17) is 5.26 Å². The first-order valence-corrected chi connectivity index (χ1v) is 4.39. The highest BCUT2D eigenvalue weighted by Crippen LogP contribution is 2.45. The molecule has 0 aromatic rings. The van der Waals surface area contributed by atoms with E-state index in [0.29, 0.717) is 5.92 Å². The zero-order valence-corrected chi connectivity index (χ0v) is 6.53. The van der Waals surface area contributed by atoms with Crippen molar-refractivity contribution >= 4 is 0 Å². The van der Waals surface area contributed by atoms with Crippen LogP contribution in [0.1, 0.15) is 25.7 Å². The maximum atomic E-state index is 9.55. The van der Waals surface area contributed by atoms with Gasteiger partial charge < -0.3 is 5.11 Å². The predicted octanol–water partition coefficient (Wildman–Crippen LogP) is 1.31. The minimum atomic E-state index is -0.182.